The van der Waals surface area contributed by atoms with Crippen molar-refractivity contribution in [2.24, 2.45) is 0 Å². The van der Waals surface area contributed by atoms with Gasteiger partial charge in [-0.1, -0.05) is 30.3 Å². The van der Waals surface area contributed by atoms with Crippen LogP contribution in [0.5, 0.6) is 0 Å². The number of hydrogen-bond donors (Lipinski definition) is 2. The summed E-state index contributed by atoms with van der Waals surface area (Å²) in [7, 11) is 0. The lowest BCUT2D eigenvalue weighted by Gasteiger charge is -2.05. The number of amides is 1. The first kappa shape index (κ1) is 11.8. The lowest BCUT2D eigenvalue weighted by Crippen LogP contribution is -2.30. The Morgan fingerprint density at radius 1 is 1.37 bits per heavy atom. The molecule has 2 aromatic rings. The fourth-order valence-electron chi connectivity index (χ4n) is 2.29. The van der Waals surface area contributed by atoms with Crippen molar-refractivity contribution in [3.8, 4) is 0 Å². The summed E-state index contributed by atoms with van der Waals surface area (Å²) in [6.07, 6.45) is 2.72. The predicted molar refractivity (Wildman–Crippen MR) is 72.4 cm³/mol. The van der Waals surface area contributed by atoms with Crippen molar-refractivity contribution in [2.75, 3.05) is 5.73 Å². The molecule has 5 heteroatoms. The van der Waals surface area contributed by atoms with Crippen molar-refractivity contribution in [3.05, 3.63) is 48.2 Å². The van der Waals surface area contributed by atoms with Crippen LogP contribution in [0.1, 0.15) is 17.9 Å². The summed E-state index contributed by atoms with van der Waals surface area (Å²) in [5.74, 6) is 0.862. The quantitative estimate of drug-likeness (QED) is 0.861. The smallest absolute Gasteiger partial charge is 0.241 e. The van der Waals surface area contributed by atoms with E-state index < -0.39 is 0 Å². The molecule has 19 heavy (non-hydrogen) atoms. The zero-order valence-electron chi connectivity index (χ0n) is 10.5. The highest BCUT2D eigenvalue weighted by molar-refractivity contribution is 5.76. The average molecular weight is 256 g/mol. The Balaban J connectivity index is 1.52. The van der Waals surface area contributed by atoms with E-state index in [-0.39, 0.29) is 18.5 Å². The van der Waals surface area contributed by atoms with E-state index in [0.717, 1.165) is 6.42 Å². The summed E-state index contributed by atoms with van der Waals surface area (Å²) in [4.78, 5) is 11.8. The van der Waals surface area contributed by atoms with Gasteiger partial charge in [-0.05, 0) is 18.1 Å². The topological polar surface area (TPSA) is 72.9 Å². The van der Waals surface area contributed by atoms with E-state index in [4.69, 9.17) is 5.73 Å². The first-order chi connectivity index (χ1) is 9.22. The minimum atomic E-state index is -0.0217. The Bertz CT molecular complexity index is 578. The van der Waals surface area contributed by atoms with Gasteiger partial charge in [0, 0.05) is 18.2 Å². The summed E-state index contributed by atoms with van der Waals surface area (Å²) < 4.78 is 1.55. The molecule has 1 saturated carbocycles. The van der Waals surface area contributed by atoms with E-state index in [0.29, 0.717) is 11.7 Å². The maximum Gasteiger partial charge on any atom is 0.241 e. The molecule has 1 amide bonds. The predicted octanol–water partition coefficient (Wildman–Crippen LogP) is 1.14. The lowest BCUT2D eigenvalue weighted by atomic mass is 10.1. The van der Waals surface area contributed by atoms with Crippen LogP contribution >= 0.6 is 0 Å². The van der Waals surface area contributed by atoms with Crippen molar-refractivity contribution in [3.63, 3.8) is 0 Å². The Morgan fingerprint density at radius 2 is 2.16 bits per heavy atom. The molecule has 3 N–H and O–H groups in total. The second-order valence-electron chi connectivity index (χ2n) is 4.87. The molecule has 0 bridgehead atoms. The highest BCUT2D eigenvalue weighted by atomic mass is 16.2. The molecule has 0 aliphatic heterocycles. The molecular formula is C14H16N4O. The summed E-state index contributed by atoms with van der Waals surface area (Å²) in [6.45, 7) is 0.217. The SMILES string of the molecule is Nc1ccn(CC(=O)NC2CC2c2ccccc2)n1. The molecule has 1 aliphatic carbocycles. The molecule has 5 nitrogen and oxygen atoms in total. The average Bonchev–Trinajstić information content (AvgIpc) is 3.05. The highest BCUT2D eigenvalue weighted by Crippen LogP contribution is 2.40. The molecule has 1 aromatic heterocycles. The second kappa shape index (κ2) is 4.76. The third-order valence-electron chi connectivity index (χ3n) is 3.33. The number of benzene rings is 1. The van der Waals surface area contributed by atoms with Crippen LogP contribution in [0.3, 0.4) is 0 Å². The Kier molecular flexibility index (Phi) is 2.95. The van der Waals surface area contributed by atoms with Gasteiger partial charge in [0.05, 0.1) is 0 Å². The molecular weight excluding hydrogens is 240 g/mol. The maximum absolute atomic E-state index is 11.8. The van der Waals surface area contributed by atoms with Crippen molar-refractivity contribution in [2.45, 2.75) is 24.9 Å². The van der Waals surface area contributed by atoms with E-state index >= 15 is 0 Å². The number of nitrogens with zero attached hydrogens (tertiary/aromatic N) is 2. The van der Waals surface area contributed by atoms with Crippen LogP contribution in [0, 0.1) is 0 Å². The molecule has 0 saturated heterocycles. The summed E-state index contributed by atoms with van der Waals surface area (Å²) in [6, 6.07) is 12.2. The van der Waals surface area contributed by atoms with Crippen molar-refractivity contribution >= 4 is 11.7 Å². The van der Waals surface area contributed by atoms with Crippen LogP contribution in [0.2, 0.25) is 0 Å². The number of anilines is 1. The summed E-state index contributed by atoms with van der Waals surface area (Å²) in [5.41, 5.74) is 6.79. The second-order valence-corrected chi connectivity index (χ2v) is 4.87. The van der Waals surface area contributed by atoms with Gasteiger partial charge in [0.1, 0.15) is 12.4 Å². The van der Waals surface area contributed by atoms with Crippen LogP contribution in [-0.2, 0) is 11.3 Å². The van der Waals surface area contributed by atoms with Gasteiger partial charge in [-0.3, -0.25) is 9.48 Å². The Morgan fingerprint density at radius 3 is 2.84 bits per heavy atom. The molecule has 1 aromatic carbocycles. The molecule has 1 fully saturated rings. The van der Waals surface area contributed by atoms with Crippen molar-refractivity contribution < 1.29 is 4.79 Å². The largest absolute Gasteiger partial charge is 0.382 e. The fourth-order valence-corrected chi connectivity index (χ4v) is 2.29. The number of nitrogens with two attached hydrogens (primary N) is 1. The maximum atomic E-state index is 11.8. The van der Waals surface area contributed by atoms with Gasteiger partial charge in [0.25, 0.3) is 0 Å². The summed E-state index contributed by atoms with van der Waals surface area (Å²) >= 11 is 0. The molecule has 98 valence electrons. The monoisotopic (exact) mass is 256 g/mol. The number of rotatable bonds is 4. The third kappa shape index (κ3) is 2.76. The molecule has 1 aliphatic rings. The number of nitrogen functional groups attached to an aromatic ring is 1. The van der Waals surface area contributed by atoms with Crippen LogP contribution in [0.15, 0.2) is 42.6 Å². The van der Waals surface area contributed by atoms with Gasteiger partial charge in [-0.2, -0.15) is 5.10 Å². The third-order valence-corrected chi connectivity index (χ3v) is 3.33. The number of carbonyl (C=O) groups is 1. The van der Waals surface area contributed by atoms with Crippen molar-refractivity contribution in [1.82, 2.24) is 15.1 Å². The molecule has 1 heterocycles. The zero-order valence-corrected chi connectivity index (χ0v) is 10.5. The first-order valence-corrected chi connectivity index (χ1v) is 6.35. The summed E-state index contributed by atoms with van der Waals surface area (Å²) in [5, 5.41) is 7.01. The number of hydrogen-bond acceptors (Lipinski definition) is 3. The van der Waals surface area contributed by atoms with Gasteiger partial charge in [-0.15, -0.1) is 0 Å². The lowest BCUT2D eigenvalue weighted by molar-refractivity contribution is -0.122. The van der Waals surface area contributed by atoms with Gasteiger partial charge < -0.3 is 11.1 Å². The highest BCUT2D eigenvalue weighted by Gasteiger charge is 2.39. The molecule has 3 rings (SSSR count). The van der Waals surface area contributed by atoms with E-state index in [1.165, 1.54) is 5.56 Å². The van der Waals surface area contributed by atoms with Crippen LogP contribution < -0.4 is 11.1 Å². The van der Waals surface area contributed by atoms with Gasteiger partial charge in [-0.25, -0.2) is 0 Å². The van der Waals surface area contributed by atoms with Crippen LogP contribution in [0.4, 0.5) is 5.82 Å². The van der Waals surface area contributed by atoms with E-state index in [2.05, 4.69) is 22.5 Å². The van der Waals surface area contributed by atoms with E-state index in [1.807, 2.05) is 18.2 Å². The van der Waals surface area contributed by atoms with Crippen LogP contribution in [0.25, 0.3) is 0 Å². The minimum absolute atomic E-state index is 0.0217. The first-order valence-electron chi connectivity index (χ1n) is 6.35. The van der Waals surface area contributed by atoms with Gasteiger partial charge in [0.15, 0.2) is 0 Å². The molecule has 0 radical (unpaired) electrons. The van der Waals surface area contributed by atoms with Gasteiger partial charge in [0.2, 0.25) is 5.91 Å². The van der Waals surface area contributed by atoms with Crippen LogP contribution in [-0.4, -0.2) is 21.7 Å². The zero-order chi connectivity index (χ0) is 13.2. The van der Waals surface area contributed by atoms with E-state index in [9.17, 15) is 4.79 Å². The molecule has 0 spiro atoms. The standard InChI is InChI=1S/C14H16N4O/c15-13-6-7-18(17-13)9-14(19)16-12-8-11(12)10-4-2-1-3-5-10/h1-7,11-12H,8-9H2,(H2,15,17)(H,16,19). The Labute approximate surface area is 111 Å². The number of nitrogens with one attached hydrogen (secondary N) is 1. The molecule has 2 unspecified atom stereocenters. The number of aromatic nitrogens is 2. The van der Waals surface area contributed by atoms with Crippen molar-refractivity contribution in [1.29, 1.82) is 0 Å². The Hall–Kier alpha value is -2.30. The van der Waals surface area contributed by atoms with Gasteiger partial charge >= 0.3 is 0 Å². The fraction of sp³-hybridized carbons (Fsp3) is 0.286. The van der Waals surface area contributed by atoms with E-state index in [1.54, 1.807) is 16.9 Å². The normalized spacial score (nSPS) is 21.1. The number of carbonyl (C=O) groups excluding carboxylic acids is 1. The minimum Gasteiger partial charge on any atom is -0.382 e. The molecule has 2 atom stereocenters.